The highest BCUT2D eigenvalue weighted by Crippen LogP contribution is 2.45. The second-order valence-electron chi connectivity index (χ2n) is 5.54. The van der Waals surface area contributed by atoms with Gasteiger partial charge in [-0.05, 0) is 38.9 Å². The second kappa shape index (κ2) is 4.03. The summed E-state index contributed by atoms with van der Waals surface area (Å²) in [5.74, 6) is 1.56. The molecule has 17 heavy (non-hydrogen) atoms. The molecule has 2 N–H and O–H groups in total. The molecule has 1 saturated heterocycles. The van der Waals surface area contributed by atoms with Crippen LogP contribution < -0.4 is 5.73 Å². The van der Waals surface area contributed by atoms with Crippen LogP contribution in [0.5, 0.6) is 0 Å². The van der Waals surface area contributed by atoms with Crippen LogP contribution in [-0.4, -0.2) is 41.5 Å². The van der Waals surface area contributed by atoms with Crippen molar-refractivity contribution in [1.29, 1.82) is 0 Å². The van der Waals surface area contributed by atoms with Crippen molar-refractivity contribution in [1.82, 2.24) is 14.9 Å². The van der Waals surface area contributed by atoms with Crippen LogP contribution in [-0.2, 0) is 5.41 Å². The first-order chi connectivity index (χ1) is 8.23. The maximum absolute atomic E-state index is 5.84. The van der Waals surface area contributed by atoms with Gasteiger partial charge in [-0.2, -0.15) is 0 Å². The molecule has 0 radical (unpaired) electrons. The van der Waals surface area contributed by atoms with E-state index in [1.165, 1.54) is 18.7 Å². The predicted molar refractivity (Wildman–Crippen MR) is 66.9 cm³/mol. The number of hydrogen-bond acceptors (Lipinski definition) is 4. The summed E-state index contributed by atoms with van der Waals surface area (Å²) in [5.41, 5.74) is 7.16. The molecule has 4 heteroatoms. The summed E-state index contributed by atoms with van der Waals surface area (Å²) in [7, 11) is 2.17. The maximum Gasteiger partial charge on any atom is 0.135 e. The Morgan fingerprint density at radius 2 is 2.35 bits per heavy atom. The van der Waals surface area contributed by atoms with Gasteiger partial charge in [-0.1, -0.05) is 0 Å². The molecule has 1 unspecified atom stereocenters. The monoisotopic (exact) mass is 232 g/mol. The smallest absolute Gasteiger partial charge is 0.135 e. The van der Waals surface area contributed by atoms with Gasteiger partial charge in [0.05, 0.1) is 0 Å². The normalized spacial score (nSPS) is 27.3. The first-order valence-electron chi connectivity index (χ1n) is 6.45. The van der Waals surface area contributed by atoms with Gasteiger partial charge in [-0.3, -0.25) is 0 Å². The predicted octanol–water partition coefficient (Wildman–Crippen LogP) is 0.886. The van der Waals surface area contributed by atoms with Crippen LogP contribution in [0.25, 0.3) is 0 Å². The first-order valence-corrected chi connectivity index (χ1v) is 6.45. The third-order valence-corrected chi connectivity index (χ3v) is 4.21. The fourth-order valence-corrected chi connectivity index (χ4v) is 2.70. The molecule has 1 aromatic rings. The van der Waals surface area contributed by atoms with E-state index in [0.717, 1.165) is 25.2 Å². The van der Waals surface area contributed by atoms with Crippen LogP contribution in [0.1, 0.15) is 36.7 Å². The molecule has 1 aliphatic heterocycles. The molecule has 3 rings (SSSR count). The third kappa shape index (κ3) is 1.96. The van der Waals surface area contributed by atoms with E-state index in [1.54, 1.807) is 0 Å². The van der Waals surface area contributed by atoms with E-state index in [0.29, 0.717) is 12.5 Å². The Hall–Kier alpha value is -1.00. The van der Waals surface area contributed by atoms with Crippen LogP contribution >= 0.6 is 0 Å². The van der Waals surface area contributed by atoms with E-state index >= 15 is 0 Å². The number of nitrogens with zero attached hydrogens (tertiary/aromatic N) is 3. The lowest BCUT2D eigenvalue weighted by atomic mass is 10.0. The van der Waals surface area contributed by atoms with E-state index < -0.39 is 0 Å². The summed E-state index contributed by atoms with van der Waals surface area (Å²) < 4.78 is 0. The molecule has 1 atom stereocenters. The maximum atomic E-state index is 5.84. The van der Waals surface area contributed by atoms with Crippen molar-refractivity contribution in [2.45, 2.75) is 30.6 Å². The van der Waals surface area contributed by atoms with Gasteiger partial charge in [0.25, 0.3) is 0 Å². The van der Waals surface area contributed by atoms with Crippen LogP contribution in [0.4, 0.5) is 0 Å². The van der Waals surface area contributed by atoms with Crippen molar-refractivity contribution in [3.63, 3.8) is 0 Å². The zero-order valence-electron chi connectivity index (χ0n) is 10.4. The van der Waals surface area contributed by atoms with Crippen molar-refractivity contribution in [2.75, 3.05) is 26.7 Å². The summed E-state index contributed by atoms with van der Waals surface area (Å²) in [6.07, 6.45) is 5.42. The number of likely N-dealkylation sites (N-methyl/N-ethyl adjacent to an activating group) is 1. The lowest BCUT2D eigenvalue weighted by Crippen LogP contribution is -2.23. The average Bonchev–Trinajstić information content (AvgIpc) is 3.06. The van der Waals surface area contributed by atoms with Gasteiger partial charge >= 0.3 is 0 Å². The Balaban J connectivity index is 1.84. The van der Waals surface area contributed by atoms with E-state index in [9.17, 15) is 0 Å². The Labute approximate surface area is 102 Å². The van der Waals surface area contributed by atoms with E-state index in [2.05, 4.69) is 23.0 Å². The summed E-state index contributed by atoms with van der Waals surface area (Å²) in [6.45, 7) is 2.97. The minimum absolute atomic E-state index is 0.112. The summed E-state index contributed by atoms with van der Waals surface area (Å²) in [5, 5.41) is 0. The van der Waals surface area contributed by atoms with E-state index in [4.69, 9.17) is 10.7 Å². The van der Waals surface area contributed by atoms with Gasteiger partial charge in [0.2, 0.25) is 0 Å². The number of nitrogens with two attached hydrogens (primary N) is 1. The fraction of sp³-hybridized carbons (Fsp3) is 0.692. The van der Waals surface area contributed by atoms with Crippen molar-refractivity contribution in [3.8, 4) is 0 Å². The van der Waals surface area contributed by atoms with Crippen LogP contribution in [0, 0.1) is 0 Å². The van der Waals surface area contributed by atoms with Gasteiger partial charge in [0.15, 0.2) is 0 Å². The van der Waals surface area contributed by atoms with Crippen molar-refractivity contribution >= 4 is 0 Å². The molecule has 2 heterocycles. The number of hydrogen-bond donors (Lipinski definition) is 1. The van der Waals surface area contributed by atoms with Gasteiger partial charge < -0.3 is 10.6 Å². The lowest BCUT2D eigenvalue weighted by molar-refractivity contribution is 0.410. The zero-order valence-corrected chi connectivity index (χ0v) is 10.4. The van der Waals surface area contributed by atoms with Gasteiger partial charge in [0, 0.05) is 36.3 Å². The molecule has 2 aliphatic rings. The number of likely N-dealkylation sites (tertiary alicyclic amines) is 1. The summed E-state index contributed by atoms with van der Waals surface area (Å²) in [6, 6.07) is 2.07. The van der Waals surface area contributed by atoms with Crippen molar-refractivity contribution in [2.24, 2.45) is 5.73 Å². The van der Waals surface area contributed by atoms with E-state index in [1.807, 2.05) is 6.20 Å². The van der Waals surface area contributed by atoms with Gasteiger partial charge in [0.1, 0.15) is 5.82 Å². The number of rotatable bonds is 3. The highest BCUT2D eigenvalue weighted by molar-refractivity contribution is 5.22. The molecule has 0 aromatic carbocycles. The molecule has 0 spiro atoms. The number of aromatic nitrogens is 2. The average molecular weight is 232 g/mol. The molecule has 0 amide bonds. The fourth-order valence-electron chi connectivity index (χ4n) is 2.70. The Morgan fingerprint density at radius 1 is 1.53 bits per heavy atom. The molecule has 2 fully saturated rings. The standard InChI is InChI=1S/C13H20N4/c1-17-7-3-10(8-17)11-2-6-15-12(16-11)13(9-14)4-5-13/h2,6,10H,3-5,7-9,14H2,1H3. The molecular formula is C13H20N4. The van der Waals surface area contributed by atoms with Crippen molar-refractivity contribution in [3.05, 3.63) is 23.8 Å². The third-order valence-electron chi connectivity index (χ3n) is 4.21. The molecule has 0 bridgehead atoms. The highest BCUT2D eigenvalue weighted by Gasteiger charge is 2.46. The second-order valence-corrected chi connectivity index (χ2v) is 5.54. The Bertz CT molecular complexity index is 414. The zero-order chi connectivity index (χ0) is 11.9. The largest absolute Gasteiger partial charge is 0.329 e. The molecule has 92 valence electrons. The summed E-state index contributed by atoms with van der Waals surface area (Å²) in [4.78, 5) is 11.6. The first kappa shape index (κ1) is 11.1. The minimum Gasteiger partial charge on any atom is -0.329 e. The van der Waals surface area contributed by atoms with Crippen LogP contribution in [0.2, 0.25) is 0 Å². The minimum atomic E-state index is 0.112. The lowest BCUT2D eigenvalue weighted by Gasteiger charge is -2.14. The molecule has 1 aromatic heterocycles. The molecular weight excluding hydrogens is 212 g/mol. The topological polar surface area (TPSA) is 55.0 Å². The van der Waals surface area contributed by atoms with Crippen LogP contribution in [0.3, 0.4) is 0 Å². The van der Waals surface area contributed by atoms with Crippen molar-refractivity contribution < 1.29 is 0 Å². The van der Waals surface area contributed by atoms with Gasteiger partial charge in [-0.15, -0.1) is 0 Å². The Kier molecular flexibility index (Phi) is 2.64. The van der Waals surface area contributed by atoms with Crippen LogP contribution in [0.15, 0.2) is 12.3 Å². The quantitative estimate of drug-likeness (QED) is 0.840. The SMILES string of the molecule is CN1CCC(c2ccnc(C3(CN)CC3)n2)C1. The molecule has 1 aliphatic carbocycles. The van der Waals surface area contributed by atoms with E-state index in [-0.39, 0.29) is 5.41 Å². The molecule has 1 saturated carbocycles. The summed E-state index contributed by atoms with van der Waals surface area (Å²) >= 11 is 0. The Morgan fingerprint density at radius 3 is 2.94 bits per heavy atom. The van der Waals surface area contributed by atoms with Gasteiger partial charge in [-0.25, -0.2) is 9.97 Å². The highest BCUT2D eigenvalue weighted by atomic mass is 15.1. The molecule has 4 nitrogen and oxygen atoms in total.